The Morgan fingerprint density at radius 2 is 1.90 bits per heavy atom. The minimum absolute atomic E-state index is 0.0332. The zero-order valence-electron chi connectivity index (χ0n) is 17.8. The van der Waals surface area contributed by atoms with E-state index in [9.17, 15) is 18.4 Å². The van der Waals surface area contributed by atoms with E-state index < -0.39 is 18.3 Å². The minimum Gasteiger partial charge on any atom is -0.443 e. The van der Waals surface area contributed by atoms with Crippen molar-refractivity contribution in [1.29, 1.82) is 0 Å². The fourth-order valence-electron chi connectivity index (χ4n) is 3.40. The van der Waals surface area contributed by atoms with E-state index in [4.69, 9.17) is 4.74 Å². The smallest absolute Gasteiger partial charge is 0.414 e. The fraction of sp³-hybridized carbons (Fsp3) is 0.391. The van der Waals surface area contributed by atoms with Gasteiger partial charge in [-0.15, -0.1) is 0 Å². The van der Waals surface area contributed by atoms with Gasteiger partial charge in [0.1, 0.15) is 11.4 Å². The first-order valence-corrected chi connectivity index (χ1v) is 10.1. The number of hydrogen-bond acceptors (Lipinski definition) is 4. The van der Waals surface area contributed by atoms with Crippen molar-refractivity contribution in [1.82, 2.24) is 0 Å². The standard InChI is InChI=1S/C23H26F2N2O4/c1-23(2,3)31-22(29)27-12-6-8-15-10-11-17(14-18(15)27)26-20(28)13-16-7-4-5-9-19(16)30-21(24)25/h4-5,7,9-11,14,21H,6,8,12-13H2,1-3H3,(H,26,28). The zero-order chi connectivity index (χ0) is 22.6. The van der Waals surface area contributed by atoms with Crippen LogP contribution in [0.15, 0.2) is 42.5 Å². The number of rotatable bonds is 5. The molecule has 0 aromatic heterocycles. The molecule has 0 saturated carbocycles. The molecule has 166 valence electrons. The number of hydrogen-bond donors (Lipinski definition) is 1. The first kappa shape index (κ1) is 22.5. The van der Waals surface area contributed by atoms with Crippen molar-refractivity contribution in [2.75, 3.05) is 16.8 Å². The topological polar surface area (TPSA) is 67.9 Å². The average molecular weight is 432 g/mol. The maximum absolute atomic E-state index is 12.6. The van der Waals surface area contributed by atoms with Crippen LogP contribution in [-0.2, 0) is 22.4 Å². The van der Waals surface area contributed by atoms with Gasteiger partial charge in [-0.25, -0.2) is 4.79 Å². The number of anilines is 2. The van der Waals surface area contributed by atoms with Gasteiger partial charge in [-0.3, -0.25) is 9.69 Å². The molecule has 0 unspecified atom stereocenters. The molecule has 1 N–H and O–H groups in total. The highest BCUT2D eigenvalue weighted by Gasteiger charge is 2.27. The lowest BCUT2D eigenvalue weighted by Gasteiger charge is -2.32. The second-order valence-corrected chi connectivity index (χ2v) is 8.29. The number of halogens is 2. The number of carbonyl (C=O) groups is 2. The Morgan fingerprint density at radius 3 is 2.61 bits per heavy atom. The Hall–Kier alpha value is -3.16. The summed E-state index contributed by atoms with van der Waals surface area (Å²) in [6, 6.07) is 11.5. The lowest BCUT2D eigenvalue weighted by molar-refractivity contribution is -0.115. The van der Waals surface area contributed by atoms with Crippen LogP contribution < -0.4 is 15.0 Å². The number of benzene rings is 2. The van der Waals surface area contributed by atoms with Gasteiger partial charge in [0.25, 0.3) is 0 Å². The molecule has 0 bridgehead atoms. The van der Waals surface area contributed by atoms with Crippen LogP contribution in [0.4, 0.5) is 25.0 Å². The molecular formula is C23H26F2N2O4. The summed E-state index contributed by atoms with van der Waals surface area (Å²) in [5.41, 5.74) is 1.93. The van der Waals surface area contributed by atoms with Crippen molar-refractivity contribution in [3.63, 3.8) is 0 Å². The molecule has 0 aliphatic carbocycles. The van der Waals surface area contributed by atoms with Crippen molar-refractivity contribution in [2.24, 2.45) is 0 Å². The van der Waals surface area contributed by atoms with Crippen molar-refractivity contribution in [2.45, 2.75) is 52.2 Å². The van der Waals surface area contributed by atoms with Crippen molar-refractivity contribution < 1.29 is 27.8 Å². The average Bonchev–Trinajstić information content (AvgIpc) is 2.67. The van der Waals surface area contributed by atoms with E-state index in [1.165, 1.54) is 6.07 Å². The molecule has 31 heavy (non-hydrogen) atoms. The van der Waals surface area contributed by atoms with Crippen LogP contribution >= 0.6 is 0 Å². The van der Waals surface area contributed by atoms with Gasteiger partial charge < -0.3 is 14.8 Å². The number of alkyl halides is 2. The fourth-order valence-corrected chi connectivity index (χ4v) is 3.40. The first-order chi connectivity index (χ1) is 14.6. The third kappa shape index (κ3) is 6.16. The minimum atomic E-state index is -2.97. The molecule has 2 aromatic rings. The number of amides is 2. The van der Waals surface area contributed by atoms with Gasteiger partial charge >= 0.3 is 12.7 Å². The lowest BCUT2D eigenvalue weighted by atomic mass is 10.0. The highest BCUT2D eigenvalue weighted by molar-refractivity contribution is 5.95. The molecule has 1 heterocycles. The van der Waals surface area contributed by atoms with Crippen LogP contribution in [0.25, 0.3) is 0 Å². The van der Waals surface area contributed by atoms with Gasteiger partial charge in [0.15, 0.2) is 0 Å². The number of para-hydroxylation sites is 1. The Morgan fingerprint density at radius 1 is 1.16 bits per heavy atom. The molecule has 0 saturated heterocycles. The molecule has 1 aliphatic heterocycles. The van der Waals surface area contributed by atoms with Gasteiger partial charge in [-0.1, -0.05) is 24.3 Å². The quantitative estimate of drug-likeness (QED) is 0.709. The summed E-state index contributed by atoms with van der Waals surface area (Å²) in [5.74, 6) is -0.418. The molecule has 1 aliphatic rings. The number of fused-ring (bicyclic) bond motifs is 1. The maximum atomic E-state index is 12.6. The van der Waals surface area contributed by atoms with E-state index in [-0.39, 0.29) is 18.1 Å². The molecule has 0 radical (unpaired) electrons. The van der Waals surface area contributed by atoms with Gasteiger partial charge in [-0.2, -0.15) is 8.78 Å². The van der Waals surface area contributed by atoms with E-state index >= 15 is 0 Å². The molecule has 0 spiro atoms. The number of nitrogens with one attached hydrogen (secondary N) is 1. The van der Waals surface area contributed by atoms with E-state index in [0.29, 0.717) is 23.5 Å². The third-order valence-corrected chi connectivity index (χ3v) is 4.64. The normalized spacial score (nSPS) is 13.5. The van der Waals surface area contributed by atoms with Crippen molar-refractivity contribution in [3.8, 4) is 5.75 Å². The maximum Gasteiger partial charge on any atom is 0.414 e. The molecular weight excluding hydrogens is 406 g/mol. The molecule has 0 fully saturated rings. The number of ether oxygens (including phenoxy) is 2. The second-order valence-electron chi connectivity index (χ2n) is 8.29. The summed E-state index contributed by atoms with van der Waals surface area (Å²) in [5, 5.41) is 2.77. The van der Waals surface area contributed by atoms with Gasteiger partial charge in [0, 0.05) is 17.8 Å². The van der Waals surface area contributed by atoms with E-state index in [0.717, 1.165) is 18.4 Å². The number of aryl methyl sites for hydroxylation is 1. The van der Waals surface area contributed by atoms with Gasteiger partial charge in [-0.05, 0) is 57.4 Å². The zero-order valence-corrected chi connectivity index (χ0v) is 17.8. The monoisotopic (exact) mass is 432 g/mol. The van der Waals surface area contributed by atoms with Crippen LogP contribution in [0.1, 0.15) is 38.3 Å². The second kappa shape index (κ2) is 9.32. The molecule has 6 nitrogen and oxygen atoms in total. The Balaban J connectivity index is 1.74. The summed E-state index contributed by atoms with van der Waals surface area (Å²) in [6.45, 7) is 2.98. The lowest BCUT2D eigenvalue weighted by Crippen LogP contribution is -2.39. The van der Waals surface area contributed by atoms with Gasteiger partial charge in [0.2, 0.25) is 5.91 Å². The SMILES string of the molecule is CC(C)(C)OC(=O)N1CCCc2ccc(NC(=O)Cc3ccccc3OC(F)F)cc21. The van der Waals surface area contributed by atoms with Crippen LogP contribution in [0, 0.1) is 0 Å². The Labute approximate surface area is 180 Å². The van der Waals surface area contributed by atoms with E-state index in [1.54, 1.807) is 35.2 Å². The molecule has 2 aromatic carbocycles. The molecule has 8 heteroatoms. The van der Waals surface area contributed by atoms with E-state index in [2.05, 4.69) is 10.1 Å². The first-order valence-electron chi connectivity index (χ1n) is 10.1. The summed E-state index contributed by atoms with van der Waals surface area (Å²) in [6.07, 6.45) is 1.07. The number of nitrogens with zero attached hydrogens (tertiary/aromatic N) is 1. The number of carbonyl (C=O) groups excluding carboxylic acids is 2. The largest absolute Gasteiger partial charge is 0.443 e. The third-order valence-electron chi connectivity index (χ3n) is 4.64. The predicted octanol–water partition coefficient (Wildman–Crippen LogP) is 5.16. The van der Waals surface area contributed by atoms with Crippen LogP contribution in [0.3, 0.4) is 0 Å². The summed E-state index contributed by atoms with van der Waals surface area (Å²) in [4.78, 5) is 26.7. The summed E-state index contributed by atoms with van der Waals surface area (Å²) in [7, 11) is 0. The van der Waals surface area contributed by atoms with Crippen LogP contribution in [-0.4, -0.2) is 30.8 Å². The van der Waals surface area contributed by atoms with Crippen molar-refractivity contribution >= 4 is 23.4 Å². The summed E-state index contributed by atoms with van der Waals surface area (Å²) >= 11 is 0. The molecule has 2 amide bonds. The Bertz CT molecular complexity index is 957. The highest BCUT2D eigenvalue weighted by Crippen LogP contribution is 2.31. The van der Waals surface area contributed by atoms with Crippen LogP contribution in [0.2, 0.25) is 0 Å². The van der Waals surface area contributed by atoms with Crippen LogP contribution in [0.5, 0.6) is 5.75 Å². The Kier molecular flexibility index (Phi) is 6.77. The predicted molar refractivity (Wildman–Crippen MR) is 114 cm³/mol. The van der Waals surface area contributed by atoms with Crippen molar-refractivity contribution in [3.05, 3.63) is 53.6 Å². The summed E-state index contributed by atoms with van der Waals surface area (Å²) < 4.78 is 35.2. The molecule has 0 atom stereocenters. The van der Waals surface area contributed by atoms with Gasteiger partial charge in [0.05, 0.1) is 12.1 Å². The highest BCUT2D eigenvalue weighted by atomic mass is 19.3. The molecule has 3 rings (SSSR count). The van der Waals surface area contributed by atoms with E-state index in [1.807, 2.05) is 26.8 Å².